The summed E-state index contributed by atoms with van der Waals surface area (Å²) >= 11 is 0. The highest BCUT2D eigenvalue weighted by atomic mass is 16.2. The molecule has 1 aromatic carbocycles. The molecule has 3 aliphatic rings. The standard InChI is InChI=1S/C20H26N2O2/c1-21(18-11-10-14-6-2-5-9-17(14)18)20(24)15-12-19(23)22(13-15)16-7-3-4-8-16/h2,5-6,9,15-16,18H,3-4,7-8,10-13H2,1H3/t15-,18+/m0/s1. The van der Waals surface area contributed by atoms with Crippen molar-refractivity contribution in [2.75, 3.05) is 13.6 Å². The molecule has 4 heteroatoms. The number of aryl methyl sites for hydroxylation is 1. The summed E-state index contributed by atoms with van der Waals surface area (Å²) in [6.07, 6.45) is 7.08. The Kier molecular flexibility index (Phi) is 4.07. The van der Waals surface area contributed by atoms with E-state index < -0.39 is 0 Å². The first-order valence-corrected chi connectivity index (χ1v) is 9.29. The molecule has 2 amide bonds. The van der Waals surface area contributed by atoms with Crippen molar-refractivity contribution in [3.8, 4) is 0 Å². The lowest BCUT2D eigenvalue weighted by Crippen LogP contribution is -2.38. The number of hydrogen-bond acceptors (Lipinski definition) is 2. The van der Waals surface area contributed by atoms with E-state index in [2.05, 4.69) is 24.3 Å². The molecule has 0 N–H and O–H groups in total. The second kappa shape index (κ2) is 6.23. The van der Waals surface area contributed by atoms with Gasteiger partial charge in [-0.05, 0) is 36.8 Å². The van der Waals surface area contributed by atoms with Crippen LogP contribution in [-0.2, 0) is 16.0 Å². The molecule has 4 rings (SSSR count). The molecule has 0 aromatic heterocycles. The minimum atomic E-state index is -0.157. The Labute approximate surface area is 143 Å². The highest BCUT2D eigenvalue weighted by Crippen LogP contribution is 2.37. The molecule has 1 aromatic rings. The quantitative estimate of drug-likeness (QED) is 0.857. The van der Waals surface area contributed by atoms with E-state index in [0.717, 1.165) is 25.7 Å². The summed E-state index contributed by atoms with van der Waals surface area (Å²) in [6, 6.07) is 8.97. The van der Waals surface area contributed by atoms with Crippen LogP contribution in [0.25, 0.3) is 0 Å². The van der Waals surface area contributed by atoms with Crippen molar-refractivity contribution < 1.29 is 9.59 Å². The molecule has 128 valence electrons. The molecule has 2 fully saturated rings. The third kappa shape index (κ3) is 2.62. The van der Waals surface area contributed by atoms with Crippen molar-refractivity contribution in [2.45, 2.75) is 57.0 Å². The number of likely N-dealkylation sites (tertiary alicyclic amines) is 1. The second-order valence-electron chi connectivity index (χ2n) is 7.59. The van der Waals surface area contributed by atoms with Crippen LogP contribution in [0.3, 0.4) is 0 Å². The Morgan fingerprint density at radius 3 is 2.71 bits per heavy atom. The van der Waals surface area contributed by atoms with Crippen LogP contribution in [0.2, 0.25) is 0 Å². The first-order chi connectivity index (χ1) is 11.6. The predicted octanol–water partition coefficient (Wildman–Crippen LogP) is 2.92. The normalized spacial score (nSPS) is 26.9. The summed E-state index contributed by atoms with van der Waals surface area (Å²) in [7, 11) is 1.91. The zero-order chi connectivity index (χ0) is 16.7. The number of nitrogens with zero attached hydrogens (tertiary/aromatic N) is 2. The van der Waals surface area contributed by atoms with Gasteiger partial charge in [0.25, 0.3) is 0 Å². The molecule has 2 aliphatic carbocycles. The average molecular weight is 326 g/mol. The Balaban J connectivity index is 1.45. The van der Waals surface area contributed by atoms with Crippen molar-refractivity contribution in [1.82, 2.24) is 9.80 Å². The maximum atomic E-state index is 13.0. The van der Waals surface area contributed by atoms with Gasteiger partial charge in [0, 0.05) is 26.1 Å². The van der Waals surface area contributed by atoms with Gasteiger partial charge in [0.2, 0.25) is 11.8 Å². The minimum absolute atomic E-state index is 0.144. The van der Waals surface area contributed by atoms with E-state index in [-0.39, 0.29) is 23.8 Å². The maximum absolute atomic E-state index is 13.0. The summed E-state index contributed by atoms with van der Waals surface area (Å²) < 4.78 is 0. The van der Waals surface area contributed by atoms with E-state index in [4.69, 9.17) is 0 Å². The first kappa shape index (κ1) is 15.7. The lowest BCUT2D eigenvalue weighted by molar-refractivity contribution is -0.136. The van der Waals surface area contributed by atoms with Crippen LogP contribution in [0.5, 0.6) is 0 Å². The van der Waals surface area contributed by atoms with E-state index in [1.807, 2.05) is 16.8 Å². The number of carbonyl (C=O) groups excluding carboxylic acids is 2. The van der Waals surface area contributed by atoms with E-state index in [9.17, 15) is 9.59 Å². The van der Waals surface area contributed by atoms with E-state index in [0.29, 0.717) is 19.0 Å². The third-order valence-electron chi connectivity index (χ3n) is 6.19. The maximum Gasteiger partial charge on any atom is 0.228 e. The highest BCUT2D eigenvalue weighted by Gasteiger charge is 2.41. The molecular weight excluding hydrogens is 300 g/mol. The van der Waals surface area contributed by atoms with E-state index >= 15 is 0 Å². The molecule has 1 saturated carbocycles. The molecule has 0 radical (unpaired) electrons. The number of hydrogen-bond donors (Lipinski definition) is 0. The average Bonchev–Trinajstić information content (AvgIpc) is 3.32. The van der Waals surface area contributed by atoms with Crippen LogP contribution in [0.1, 0.15) is 55.7 Å². The number of fused-ring (bicyclic) bond motifs is 1. The number of rotatable bonds is 3. The van der Waals surface area contributed by atoms with Crippen LogP contribution < -0.4 is 0 Å². The molecule has 1 aliphatic heterocycles. The summed E-state index contributed by atoms with van der Waals surface area (Å²) in [5.74, 6) is 0.168. The van der Waals surface area contributed by atoms with Gasteiger partial charge in [0.15, 0.2) is 0 Å². The number of amides is 2. The zero-order valence-electron chi connectivity index (χ0n) is 14.4. The SMILES string of the molecule is CN(C(=O)[C@H]1CC(=O)N(C2CCCC2)C1)[C@@H]1CCc2ccccc21. The summed E-state index contributed by atoms with van der Waals surface area (Å²) in [5.41, 5.74) is 2.64. The lowest BCUT2D eigenvalue weighted by atomic mass is 10.0. The van der Waals surface area contributed by atoms with Crippen LogP contribution in [0.15, 0.2) is 24.3 Å². The molecule has 24 heavy (non-hydrogen) atoms. The minimum Gasteiger partial charge on any atom is -0.339 e. The van der Waals surface area contributed by atoms with Gasteiger partial charge in [-0.1, -0.05) is 37.1 Å². The molecule has 1 saturated heterocycles. The van der Waals surface area contributed by atoms with Crippen molar-refractivity contribution in [3.63, 3.8) is 0 Å². The molecular formula is C20H26N2O2. The van der Waals surface area contributed by atoms with E-state index in [1.54, 1.807) is 0 Å². The molecule has 0 bridgehead atoms. The third-order valence-corrected chi connectivity index (χ3v) is 6.19. The fraction of sp³-hybridized carbons (Fsp3) is 0.600. The van der Waals surface area contributed by atoms with Gasteiger partial charge in [-0.15, -0.1) is 0 Å². The largest absolute Gasteiger partial charge is 0.339 e. The van der Waals surface area contributed by atoms with Gasteiger partial charge in [-0.2, -0.15) is 0 Å². The van der Waals surface area contributed by atoms with Gasteiger partial charge < -0.3 is 9.80 Å². The monoisotopic (exact) mass is 326 g/mol. The Morgan fingerprint density at radius 2 is 1.92 bits per heavy atom. The summed E-state index contributed by atoms with van der Waals surface area (Å²) in [5, 5.41) is 0. The summed E-state index contributed by atoms with van der Waals surface area (Å²) in [6.45, 7) is 0.626. The smallest absolute Gasteiger partial charge is 0.228 e. The van der Waals surface area contributed by atoms with E-state index in [1.165, 1.54) is 24.0 Å². The molecule has 0 unspecified atom stereocenters. The topological polar surface area (TPSA) is 40.6 Å². The first-order valence-electron chi connectivity index (χ1n) is 9.29. The summed E-state index contributed by atoms with van der Waals surface area (Å²) in [4.78, 5) is 29.3. The fourth-order valence-electron chi connectivity index (χ4n) is 4.84. The highest BCUT2D eigenvalue weighted by molar-refractivity contribution is 5.89. The molecule has 2 atom stereocenters. The van der Waals surface area contributed by atoms with Crippen molar-refractivity contribution >= 4 is 11.8 Å². The van der Waals surface area contributed by atoms with Crippen molar-refractivity contribution in [2.24, 2.45) is 5.92 Å². The van der Waals surface area contributed by atoms with Gasteiger partial charge in [0.1, 0.15) is 0 Å². The Morgan fingerprint density at radius 1 is 1.17 bits per heavy atom. The lowest BCUT2D eigenvalue weighted by Gasteiger charge is -2.29. The molecule has 1 heterocycles. The fourth-order valence-corrected chi connectivity index (χ4v) is 4.84. The van der Waals surface area contributed by atoms with Crippen LogP contribution in [-0.4, -0.2) is 41.2 Å². The van der Waals surface area contributed by atoms with Crippen LogP contribution in [0, 0.1) is 5.92 Å². The van der Waals surface area contributed by atoms with Crippen molar-refractivity contribution in [3.05, 3.63) is 35.4 Å². The molecule has 0 spiro atoms. The van der Waals surface area contributed by atoms with Gasteiger partial charge >= 0.3 is 0 Å². The van der Waals surface area contributed by atoms with Crippen molar-refractivity contribution in [1.29, 1.82) is 0 Å². The second-order valence-corrected chi connectivity index (χ2v) is 7.59. The molecule has 4 nitrogen and oxygen atoms in total. The Bertz CT molecular complexity index is 651. The van der Waals surface area contributed by atoms with Gasteiger partial charge in [-0.3, -0.25) is 9.59 Å². The van der Waals surface area contributed by atoms with Crippen LogP contribution in [0.4, 0.5) is 0 Å². The number of carbonyl (C=O) groups is 2. The van der Waals surface area contributed by atoms with Gasteiger partial charge in [-0.25, -0.2) is 0 Å². The van der Waals surface area contributed by atoms with Crippen LogP contribution >= 0.6 is 0 Å². The predicted molar refractivity (Wildman–Crippen MR) is 92.4 cm³/mol. The number of benzene rings is 1. The van der Waals surface area contributed by atoms with Gasteiger partial charge in [0.05, 0.1) is 12.0 Å². The zero-order valence-corrected chi connectivity index (χ0v) is 14.4. The Hall–Kier alpha value is -1.84.